The van der Waals surface area contributed by atoms with Crippen LogP contribution in [0.5, 0.6) is 0 Å². The van der Waals surface area contributed by atoms with Gasteiger partial charge in [-0.1, -0.05) is 88.2 Å². The number of hydrogen-bond acceptors (Lipinski definition) is 3. The second-order valence-electron chi connectivity index (χ2n) is 6.72. The first-order chi connectivity index (χ1) is 13.1. The molecule has 0 aromatic heterocycles. The molecule has 2 aromatic rings. The summed E-state index contributed by atoms with van der Waals surface area (Å²) in [6.07, 6.45) is 4.54. The smallest absolute Gasteiger partial charge is 0.407 e. The Kier molecular flexibility index (Phi) is 6.45. The van der Waals surface area contributed by atoms with Crippen LogP contribution in [0.2, 0.25) is 0 Å². The van der Waals surface area contributed by atoms with Gasteiger partial charge in [-0.3, -0.25) is 0 Å². The Bertz CT molecular complexity index is 807. The minimum Gasteiger partial charge on any atom is -0.445 e. The maximum Gasteiger partial charge on any atom is 0.407 e. The fourth-order valence-corrected chi connectivity index (χ4v) is 3.60. The zero-order chi connectivity index (χ0) is 19.1. The van der Waals surface area contributed by atoms with Gasteiger partial charge in [0.25, 0.3) is 0 Å². The van der Waals surface area contributed by atoms with Gasteiger partial charge in [0.1, 0.15) is 17.2 Å². The van der Waals surface area contributed by atoms with Crippen molar-refractivity contribution in [1.29, 1.82) is 0 Å². The van der Waals surface area contributed by atoms with Crippen LogP contribution in [0.3, 0.4) is 0 Å². The Morgan fingerprint density at radius 2 is 1.74 bits per heavy atom. The number of allylic oxidation sites excluding steroid dienone is 1. The first kappa shape index (κ1) is 19.4. The van der Waals surface area contributed by atoms with Crippen molar-refractivity contribution in [2.45, 2.75) is 36.2 Å². The number of alkyl carbamates (subject to hydrolysis) is 1. The summed E-state index contributed by atoms with van der Waals surface area (Å²) >= 11 is 3.52. The van der Waals surface area contributed by atoms with Gasteiger partial charge in [0.05, 0.1) is 6.04 Å². The number of halogens is 1. The molecule has 1 aliphatic carbocycles. The van der Waals surface area contributed by atoms with Crippen LogP contribution in [0.1, 0.15) is 24.0 Å². The Balaban J connectivity index is 1.66. The van der Waals surface area contributed by atoms with E-state index in [4.69, 9.17) is 4.74 Å². The van der Waals surface area contributed by atoms with Crippen LogP contribution in [-0.4, -0.2) is 22.7 Å². The molecule has 5 heteroatoms. The van der Waals surface area contributed by atoms with Gasteiger partial charge < -0.3 is 14.8 Å². The van der Waals surface area contributed by atoms with E-state index < -0.39 is 16.5 Å². The molecule has 4 nitrogen and oxygen atoms in total. The average Bonchev–Trinajstić information content (AvgIpc) is 2.71. The highest BCUT2D eigenvalue weighted by atomic mass is 79.9. The van der Waals surface area contributed by atoms with E-state index >= 15 is 0 Å². The minimum atomic E-state index is -0.807. The highest BCUT2D eigenvalue weighted by Crippen LogP contribution is 2.35. The van der Waals surface area contributed by atoms with E-state index in [2.05, 4.69) is 33.4 Å². The summed E-state index contributed by atoms with van der Waals surface area (Å²) in [5, 5.41) is 2.83. The summed E-state index contributed by atoms with van der Waals surface area (Å²) in [6.45, 7) is 0.191. The van der Waals surface area contributed by atoms with Crippen LogP contribution in [0, 0.1) is 0 Å². The van der Waals surface area contributed by atoms with Gasteiger partial charge >= 0.3 is 6.09 Å². The average molecular weight is 428 g/mol. The van der Waals surface area contributed by atoms with Gasteiger partial charge in [-0.2, -0.15) is 0 Å². The molecule has 0 fully saturated rings. The van der Waals surface area contributed by atoms with Gasteiger partial charge in [-0.05, 0) is 30.4 Å². The molecule has 1 N–H and O–H groups in total. The molecule has 0 radical (unpaired) electrons. The first-order valence-electron chi connectivity index (χ1n) is 8.95. The van der Waals surface area contributed by atoms with Crippen LogP contribution in [0.4, 0.5) is 4.79 Å². The number of carbonyl (C=O) groups is 2. The van der Waals surface area contributed by atoms with E-state index in [0.29, 0.717) is 6.42 Å². The number of alkyl halides is 1. The normalized spacial score (nSPS) is 21.8. The predicted molar refractivity (Wildman–Crippen MR) is 109 cm³/mol. The molecule has 140 valence electrons. The van der Waals surface area contributed by atoms with E-state index in [1.165, 1.54) is 11.1 Å². The lowest BCUT2D eigenvalue weighted by Gasteiger charge is -2.34. The third-order valence-electron chi connectivity index (χ3n) is 4.70. The van der Waals surface area contributed by atoms with Crippen molar-refractivity contribution in [3.8, 4) is 0 Å². The molecule has 0 aliphatic heterocycles. The molecule has 2 atom stereocenters. The molecule has 2 aromatic carbocycles. The molecule has 27 heavy (non-hydrogen) atoms. The summed E-state index contributed by atoms with van der Waals surface area (Å²) < 4.78 is 4.50. The molecule has 0 saturated carbocycles. The molecular formula is C22H22BrNO3. The lowest BCUT2D eigenvalue weighted by Crippen LogP contribution is -2.51. The van der Waals surface area contributed by atoms with Gasteiger partial charge in [0.2, 0.25) is 0 Å². The monoisotopic (exact) mass is 427 g/mol. The van der Waals surface area contributed by atoms with E-state index in [1.54, 1.807) is 0 Å². The molecule has 0 spiro atoms. The van der Waals surface area contributed by atoms with Crippen LogP contribution in [0.25, 0.3) is 0 Å². The fraction of sp³-hybridized carbons (Fsp3) is 0.273. The van der Waals surface area contributed by atoms with Crippen LogP contribution in [0.15, 0.2) is 72.3 Å². The summed E-state index contributed by atoms with van der Waals surface area (Å²) in [4.78, 5) is 23.9. The number of carbonyl (C=O) groups excluding carboxylic acids is 2. The van der Waals surface area contributed by atoms with Crippen molar-refractivity contribution in [2.24, 2.45) is 0 Å². The van der Waals surface area contributed by atoms with Crippen LogP contribution in [-0.2, 0) is 22.6 Å². The third-order valence-corrected chi connectivity index (χ3v) is 5.78. The van der Waals surface area contributed by atoms with Crippen molar-refractivity contribution in [3.63, 3.8) is 0 Å². The topological polar surface area (TPSA) is 55.4 Å². The van der Waals surface area contributed by atoms with Gasteiger partial charge in [0, 0.05) is 0 Å². The molecule has 0 unspecified atom stereocenters. The van der Waals surface area contributed by atoms with Crippen molar-refractivity contribution in [1.82, 2.24) is 5.32 Å². The quantitative estimate of drug-likeness (QED) is 0.417. The summed E-state index contributed by atoms with van der Waals surface area (Å²) in [7, 11) is 0. The zero-order valence-electron chi connectivity index (χ0n) is 14.9. The second kappa shape index (κ2) is 9.00. The number of nitrogens with one attached hydrogen (secondary N) is 1. The van der Waals surface area contributed by atoms with Crippen molar-refractivity contribution >= 4 is 28.3 Å². The Hall–Kier alpha value is -2.40. The SMILES string of the molecule is O=C[C@]1(Br)CCC(Cc2ccccc2)=C[C@@H]1NC(=O)OCc1ccccc1. The summed E-state index contributed by atoms with van der Waals surface area (Å²) in [6, 6.07) is 19.2. The highest BCUT2D eigenvalue weighted by molar-refractivity contribution is 9.10. The number of benzene rings is 2. The number of aldehydes is 1. The number of rotatable bonds is 6. The zero-order valence-corrected chi connectivity index (χ0v) is 16.5. The Morgan fingerprint density at radius 3 is 2.37 bits per heavy atom. The highest BCUT2D eigenvalue weighted by Gasteiger charge is 2.39. The molecule has 1 aliphatic rings. The van der Waals surface area contributed by atoms with Gasteiger partial charge in [0.15, 0.2) is 0 Å². The summed E-state index contributed by atoms with van der Waals surface area (Å²) in [5.41, 5.74) is 3.32. The number of amides is 1. The van der Waals surface area contributed by atoms with Gasteiger partial charge in [-0.25, -0.2) is 4.79 Å². The van der Waals surface area contributed by atoms with Gasteiger partial charge in [-0.15, -0.1) is 0 Å². The lowest BCUT2D eigenvalue weighted by atomic mass is 9.84. The molecule has 0 heterocycles. The van der Waals surface area contributed by atoms with Crippen molar-refractivity contribution < 1.29 is 14.3 Å². The molecule has 1 amide bonds. The predicted octanol–water partition coefficient (Wildman–Crippen LogP) is 4.58. The standard InChI is InChI=1S/C22H22BrNO3/c23-22(16-25)12-11-19(13-17-7-3-1-4-8-17)14-20(22)24-21(26)27-15-18-9-5-2-6-10-18/h1-10,14,16,20H,11-13,15H2,(H,24,26)/t20-,22+/m0/s1. The maximum atomic E-state index is 12.3. The number of ether oxygens (including phenoxy) is 1. The molecule has 0 bridgehead atoms. The van der Waals surface area contributed by atoms with Crippen LogP contribution >= 0.6 is 15.9 Å². The fourth-order valence-electron chi connectivity index (χ4n) is 3.16. The summed E-state index contributed by atoms with van der Waals surface area (Å²) in [5.74, 6) is 0. The molecule has 0 saturated heterocycles. The van der Waals surface area contributed by atoms with Crippen molar-refractivity contribution in [3.05, 3.63) is 83.4 Å². The third kappa shape index (κ3) is 5.30. The minimum absolute atomic E-state index is 0.191. The number of hydrogen-bond donors (Lipinski definition) is 1. The Morgan fingerprint density at radius 1 is 1.11 bits per heavy atom. The first-order valence-corrected chi connectivity index (χ1v) is 9.74. The van der Waals surface area contributed by atoms with E-state index in [1.807, 2.05) is 54.6 Å². The van der Waals surface area contributed by atoms with Crippen molar-refractivity contribution in [2.75, 3.05) is 0 Å². The Labute approximate surface area is 167 Å². The van der Waals surface area contributed by atoms with E-state index in [9.17, 15) is 9.59 Å². The maximum absolute atomic E-state index is 12.3. The molecule has 3 rings (SSSR count). The lowest BCUT2D eigenvalue weighted by molar-refractivity contribution is -0.110. The molecular weight excluding hydrogens is 406 g/mol. The van der Waals surface area contributed by atoms with E-state index in [-0.39, 0.29) is 6.61 Å². The van der Waals surface area contributed by atoms with Crippen LogP contribution < -0.4 is 5.32 Å². The largest absolute Gasteiger partial charge is 0.445 e. The second-order valence-corrected chi connectivity index (χ2v) is 8.19. The van der Waals surface area contributed by atoms with E-state index in [0.717, 1.165) is 24.7 Å².